The molecule has 0 aliphatic heterocycles. The van der Waals surface area contributed by atoms with Crippen molar-refractivity contribution in [3.05, 3.63) is 17.0 Å². The predicted molar refractivity (Wildman–Crippen MR) is 56.4 cm³/mol. The Morgan fingerprint density at radius 3 is 1.92 bits per heavy atom. The quantitative estimate of drug-likeness (QED) is 0.723. The summed E-state index contributed by atoms with van der Waals surface area (Å²) in [7, 11) is 0. The molecule has 0 radical (unpaired) electrons. The van der Waals surface area contributed by atoms with Crippen LogP contribution < -0.4 is 0 Å². The van der Waals surface area contributed by atoms with Crippen LogP contribution in [0.25, 0.3) is 5.57 Å². The molecule has 13 heavy (non-hydrogen) atoms. The molecule has 1 N–H and O–H groups in total. The molecule has 3 nitrogen and oxygen atoms in total. The number of hydrogen-bond donors (Lipinski definition) is 1. The van der Waals surface area contributed by atoms with Crippen molar-refractivity contribution < 1.29 is 0 Å². The van der Waals surface area contributed by atoms with Gasteiger partial charge in [-0.05, 0) is 33.3 Å². The Hall–Kier alpha value is -1.12. The average Bonchev–Trinajstić information content (AvgIpc) is 2.53. The Labute approximate surface area is 80.3 Å². The second-order valence-electron chi connectivity index (χ2n) is 2.88. The summed E-state index contributed by atoms with van der Waals surface area (Å²) >= 11 is 0. The fourth-order valence-electron chi connectivity index (χ4n) is 0.876. The summed E-state index contributed by atoms with van der Waals surface area (Å²) in [4.78, 5) is 0. The van der Waals surface area contributed by atoms with Crippen LogP contribution in [-0.2, 0) is 0 Å². The summed E-state index contributed by atoms with van der Waals surface area (Å²) in [5.41, 5.74) is 4.42. The van der Waals surface area contributed by atoms with Crippen LogP contribution in [0.2, 0.25) is 0 Å². The molecular formula is C10H19N3. The van der Waals surface area contributed by atoms with Gasteiger partial charge in [-0.1, -0.05) is 19.4 Å². The van der Waals surface area contributed by atoms with Gasteiger partial charge >= 0.3 is 0 Å². The zero-order valence-electron chi connectivity index (χ0n) is 9.39. The zero-order valence-corrected chi connectivity index (χ0v) is 9.39. The maximum Gasteiger partial charge on any atom is 0.111 e. The van der Waals surface area contributed by atoms with E-state index >= 15 is 0 Å². The van der Waals surface area contributed by atoms with E-state index in [1.807, 2.05) is 20.8 Å². The van der Waals surface area contributed by atoms with Gasteiger partial charge < -0.3 is 0 Å². The number of nitrogens with one attached hydrogen (secondary N) is 1. The zero-order chi connectivity index (χ0) is 10.4. The SMILES string of the molecule is CC.CC(C)=C(C)c1n[nH]nc1C. The lowest BCUT2D eigenvalue weighted by Gasteiger charge is -1.98. The van der Waals surface area contributed by atoms with E-state index in [-0.39, 0.29) is 0 Å². The van der Waals surface area contributed by atoms with Gasteiger partial charge in [0.15, 0.2) is 0 Å². The summed E-state index contributed by atoms with van der Waals surface area (Å²) in [6, 6.07) is 0. The molecule has 1 aromatic rings. The Morgan fingerprint density at radius 2 is 1.62 bits per heavy atom. The highest BCUT2D eigenvalue weighted by molar-refractivity contribution is 5.64. The van der Waals surface area contributed by atoms with E-state index in [1.54, 1.807) is 0 Å². The van der Waals surface area contributed by atoms with E-state index in [1.165, 1.54) is 11.1 Å². The van der Waals surface area contributed by atoms with Crippen LogP contribution in [-0.4, -0.2) is 15.4 Å². The van der Waals surface area contributed by atoms with Gasteiger partial charge in [-0.25, -0.2) is 0 Å². The molecule has 3 heteroatoms. The van der Waals surface area contributed by atoms with E-state index < -0.39 is 0 Å². The van der Waals surface area contributed by atoms with E-state index in [4.69, 9.17) is 0 Å². The van der Waals surface area contributed by atoms with Crippen LogP contribution in [0.1, 0.15) is 46.0 Å². The number of aryl methyl sites for hydroxylation is 1. The minimum absolute atomic E-state index is 0.962. The first kappa shape index (κ1) is 11.9. The van der Waals surface area contributed by atoms with Gasteiger partial charge in [0.05, 0.1) is 5.69 Å². The standard InChI is InChI=1S/C8H13N3.C2H6/c1-5(2)6(3)8-7(4)9-11-10-8;1-2/h1-4H3,(H,9,10,11);1-2H3. The second kappa shape index (κ2) is 5.51. The topological polar surface area (TPSA) is 41.6 Å². The van der Waals surface area contributed by atoms with Crippen molar-refractivity contribution in [2.75, 3.05) is 0 Å². The first-order chi connectivity index (χ1) is 6.13. The number of hydrogen-bond acceptors (Lipinski definition) is 2. The molecule has 0 atom stereocenters. The maximum absolute atomic E-state index is 4.04. The van der Waals surface area contributed by atoms with E-state index in [0.29, 0.717) is 0 Å². The van der Waals surface area contributed by atoms with Gasteiger partial charge in [0.25, 0.3) is 0 Å². The van der Waals surface area contributed by atoms with Crippen molar-refractivity contribution in [3.63, 3.8) is 0 Å². The van der Waals surface area contributed by atoms with Crippen LogP contribution in [0.5, 0.6) is 0 Å². The average molecular weight is 181 g/mol. The smallest absolute Gasteiger partial charge is 0.111 e. The largest absolute Gasteiger partial charge is 0.197 e. The molecule has 0 aliphatic rings. The molecule has 1 rings (SSSR count). The Balaban J connectivity index is 0.000000671. The molecule has 0 unspecified atom stereocenters. The maximum atomic E-state index is 4.04. The molecule has 0 spiro atoms. The first-order valence-electron chi connectivity index (χ1n) is 4.64. The number of H-pyrrole nitrogens is 1. The third-order valence-electron chi connectivity index (χ3n) is 1.83. The molecule has 0 aromatic carbocycles. The summed E-state index contributed by atoms with van der Waals surface area (Å²) in [6.45, 7) is 12.2. The number of nitrogens with zero attached hydrogens (tertiary/aromatic N) is 2. The molecular weight excluding hydrogens is 162 g/mol. The molecule has 0 saturated heterocycles. The van der Waals surface area contributed by atoms with Crippen LogP contribution >= 0.6 is 0 Å². The van der Waals surface area contributed by atoms with Crippen molar-refractivity contribution in [2.45, 2.75) is 41.5 Å². The van der Waals surface area contributed by atoms with Crippen molar-refractivity contribution in [1.82, 2.24) is 15.4 Å². The van der Waals surface area contributed by atoms with Crippen molar-refractivity contribution in [1.29, 1.82) is 0 Å². The van der Waals surface area contributed by atoms with Crippen molar-refractivity contribution >= 4 is 5.57 Å². The van der Waals surface area contributed by atoms with Crippen LogP contribution in [0.3, 0.4) is 0 Å². The highest BCUT2D eigenvalue weighted by Gasteiger charge is 2.04. The fourth-order valence-corrected chi connectivity index (χ4v) is 0.876. The van der Waals surface area contributed by atoms with Crippen LogP contribution in [0.4, 0.5) is 0 Å². The fraction of sp³-hybridized carbons (Fsp3) is 0.600. The molecule has 1 heterocycles. The van der Waals surface area contributed by atoms with Crippen LogP contribution in [0, 0.1) is 6.92 Å². The minimum atomic E-state index is 0.962. The normalized spacial score (nSPS) is 8.77. The number of allylic oxidation sites excluding steroid dienone is 2. The second-order valence-corrected chi connectivity index (χ2v) is 2.88. The van der Waals surface area contributed by atoms with E-state index in [2.05, 4.69) is 36.2 Å². The number of aromatic nitrogens is 3. The molecule has 0 aliphatic carbocycles. The van der Waals surface area contributed by atoms with Crippen molar-refractivity contribution in [2.24, 2.45) is 0 Å². The molecule has 0 bridgehead atoms. The third-order valence-corrected chi connectivity index (χ3v) is 1.83. The van der Waals surface area contributed by atoms with Gasteiger partial charge in [0, 0.05) is 0 Å². The van der Waals surface area contributed by atoms with Gasteiger partial charge in [-0.15, -0.1) is 0 Å². The predicted octanol–water partition coefficient (Wildman–Crippen LogP) is 2.95. The number of aromatic amines is 1. The molecule has 0 amide bonds. The molecule has 0 saturated carbocycles. The Bertz CT molecular complexity index is 280. The number of rotatable bonds is 1. The highest BCUT2D eigenvalue weighted by Crippen LogP contribution is 2.16. The van der Waals surface area contributed by atoms with Gasteiger partial charge in [-0.3, -0.25) is 0 Å². The summed E-state index contributed by atoms with van der Waals surface area (Å²) in [5, 5.41) is 10.6. The lowest BCUT2D eigenvalue weighted by molar-refractivity contribution is 0.925. The van der Waals surface area contributed by atoms with Crippen LogP contribution in [0.15, 0.2) is 5.57 Å². The van der Waals surface area contributed by atoms with Gasteiger partial charge in [-0.2, -0.15) is 15.4 Å². The van der Waals surface area contributed by atoms with Gasteiger partial charge in [0.2, 0.25) is 0 Å². The first-order valence-corrected chi connectivity index (χ1v) is 4.64. The van der Waals surface area contributed by atoms with E-state index in [0.717, 1.165) is 11.4 Å². The Kier molecular flexibility index (Phi) is 5.04. The lowest BCUT2D eigenvalue weighted by Crippen LogP contribution is -1.85. The molecule has 0 fully saturated rings. The summed E-state index contributed by atoms with van der Waals surface area (Å²) in [5.74, 6) is 0. The lowest BCUT2D eigenvalue weighted by atomic mass is 10.1. The highest BCUT2D eigenvalue weighted by atomic mass is 15.3. The molecule has 74 valence electrons. The third kappa shape index (κ3) is 3.01. The summed E-state index contributed by atoms with van der Waals surface area (Å²) < 4.78 is 0. The summed E-state index contributed by atoms with van der Waals surface area (Å²) in [6.07, 6.45) is 0. The minimum Gasteiger partial charge on any atom is -0.197 e. The Morgan fingerprint density at radius 1 is 1.08 bits per heavy atom. The molecule has 1 aromatic heterocycles. The van der Waals surface area contributed by atoms with Crippen molar-refractivity contribution in [3.8, 4) is 0 Å². The monoisotopic (exact) mass is 181 g/mol. The van der Waals surface area contributed by atoms with E-state index in [9.17, 15) is 0 Å². The van der Waals surface area contributed by atoms with Gasteiger partial charge in [0.1, 0.15) is 5.69 Å².